The monoisotopic (exact) mass is 528 g/mol. The number of fused-ring (bicyclic) bond motifs is 1. The molecule has 190 valence electrons. The van der Waals surface area contributed by atoms with E-state index in [1.54, 1.807) is 22.6 Å². The number of anilines is 1. The van der Waals surface area contributed by atoms with Gasteiger partial charge in [-0.15, -0.1) is 10.2 Å². The number of hydrogen-bond donors (Lipinski definition) is 2. The van der Waals surface area contributed by atoms with Crippen LogP contribution in [0.3, 0.4) is 0 Å². The molecule has 0 unspecified atom stereocenters. The lowest BCUT2D eigenvalue weighted by molar-refractivity contribution is 0.150. The Hall–Kier alpha value is -2.22. The van der Waals surface area contributed by atoms with Crippen LogP contribution in [-0.2, 0) is 10.0 Å². The maximum absolute atomic E-state index is 13.8. The lowest BCUT2D eigenvalue weighted by Gasteiger charge is -2.44. The fourth-order valence-corrected chi connectivity index (χ4v) is 6.75. The van der Waals surface area contributed by atoms with Gasteiger partial charge in [-0.25, -0.2) is 26.3 Å². The van der Waals surface area contributed by atoms with Crippen molar-refractivity contribution in [2.24, 2.45) is 0 Å². The number of aromatic nitrogens is 3. The van der Waals surface area contributed by atoms with E-state index >= 15 is 0 Å². The normalized spacial score (nSPS) is 24.4. The number of nitrogens with one attached hydrogen (secondary N) is 2. The molecule has 8 nitrogen and oxygen atoms in total. The predicted octanol–water partition coefficient (Wildman–Crippen LogP) is 3.75. The Morgan fingerprint density at radius 1 is 1.29 bits per heavy atom. The minimum atomic E-state index is -3.88. The van der Waals surface area contributed by atoms with E-state index in [0.717, 1.165) is 24.2 Å². The average Bonchev–Trinajstić information content (AvgIpc) is 3.18. The molecule has 0 aromatic carbocycles. The molecule has 0 amide bonds. The van der Waals surface area contributed by atoms with Gasteiger partial charge in [-0.2, -0.15) is 0 Å². The zero-order valence-electron chi connectivity index (χ0n) is 19.5. The minimum Gasteiger partial charge on any atom is -0.364 e. The number of pyridine rings is 1. The summed E-state index contributed by atoms with van der Waals surface area (Å²) in [6.45, 7) is 5.67. The van der Waals surface area contributed by atoms with Crippen LogP contribution in [0.5, 0.6) is 0 Å². The van der Waals surface area contributed by atoms with Gasteiger partial charge in [0.25, 0.3) is 6.43 Å². The molecule has 35 heavy (non-hydrogen) atoms. The van der Waals surface area contributed by atoms with Crippen molar-refractivity contribution in [2.45, 2.75) is 68.6 Å². The summed E-state index contributed by atoms with van der Waals surface area (Å²) in [5.41, 5.74) is 1.27. The van der Waals surface area contributed by atoms with E-state index in [1.165, 1.54) is 6.20 Å². The number of piperazine rings is 1. The van der Waals surface area contributed by atoms with E-state index in [9.17, 15) is 21.6 Å². The molecular weight excluding hydrogens is 501 g/mol. The smallest absolute Gasteiger partial charge is 0.291 e. The molecule has 0 radical (unpaired) electrons. The van der Waals surface area contributed by atoms with Crippen LogP contribution in [0.25, 0.3) is 16.2 Å². The molecule has 1 saturated carbocycles. The predicted molar refractivity (Wildman–Crippen MR) is 128 cm³/mol. The third-order valence-electron chi connectivity index (χ3n) is 6.77. The molecule has 13 heteroatoms. The Kier molecular flexibility index (Phi) is 6.09. The highest BCUT2D eigenvalue weighted by Crippen LogP contribution is 2.38. The van der Waals surface area contributed by atoms with E-state index in [4.69, 9.17) is 0 Å². The van der Waals surface area contributed by atoms with Gasteiger partial charge in [0.05, 0.1) is 22.9 Å². The molecule has 5 rings (SSSR count). The summed E-state index contributed by atoms with van der Waals surface area (Å²) in [6, 6.07) is 4.42. The lowest BCUT2D eigenvalue weighted by atomic mass is 10.0. The van der Waals surface area contributed by atoms with Gasteiger partial charge < -0.3 is 14.6 Å². The fourth-order valence-electron chi connectivity index (χ4n) is 4.55. The zero-order valence-corrected chi connectivity index (χ0v) is 21.1. The van der Waals surface area contributed by atoms with E-state index in [-0.39, 0.29) is 22.0 Å². The van der Waals surface area contributed by atoms with Crippen LogP contribution in [0.2, 0.25) is 0 Å². The van der Waals surface area contributed by atoms with Crippen LogP contribution in [0.15, 0.2) is 29.3 Å². The van der Waals surface area contributed by atoms with Gasteiger partial charge in [0.2, 0.25) is 10.0 Å². The van der Waals surface area contributed by atoms with Crippen LogP contribution in [0.1, 0.15) is 45.0 Å². The minimum absolute atomic E-state index is 0.0260. The number of alkyl halides is 3. The van der Waals surface area contributed by atoms with E-state index in [0.29, 0.717) is 23.4 Å². The first kappa shape index (κ1) is 24.5. The molecule has 3 aromatic heterocycles. The van der Waals surface area contributed by atoms with Crippen molar-refractivity contribution < 1.29 is 21.6 Å². The standard InChI is InChI=1S/C22H27F3N6O2S2/c1-12-10-30(13(2)15(9-23)26-12)18-8-14(35(32,33)29-22(3)6-7-22)11-31-16(18)4-5-17(31)20-27-28-21(34-20)19(24)25/h4-5,8,11-13,15,19,26,29H,6-7,9-10H2,1-3H3/t12-,13+,15-/m0/s1. The van der Waals surface area contributed by atoms with Gasteiger partial charge in [-0.1, -0.05) is 11.3 Å². The molecule has 0 bridgehead atoms. The van der Waals surface area contributed by atoms with Crippen molar-refractivity contribution in [3.05, 3.63) is 29.4 Å². The summed E-state index contributed by atoms with van der Waals surface area (Å²) < 4.78 is 71.2. The van der Waals surface area contributed by atoms with Gasteiger partial charge in [0.1, 0.15) is 11.6 Å². The molecule has 3 aromatic rings. The molecule has 1 aliphatic heterocycles. The van der Waals surface area contributed by atoms with Crippen LogP contribution >= 0.6 is 11.3 Å². The molecule has 2 fully saturated rings. The van der Waals surface area contributed by atoms with Crippen LogP contribution in [0.4, 0.5) is 18.9 Å². The Morgan fingerprint density at radius 3 is 2.66 bits per heavy atom. The van der Waals surface area contributed by atoms with Crippen molar-refractivity contribution in [1.82, 2.24) is 24.6 Å². The first-order valence-corrected chi connectivity index (χ1v) is 13.7. The van der Waals surface area contributed by atoms with Crippen LogP contribution in [-0.4, -0.2) is 59.9 Å². The summed E-state index contributed by atoms with van der Waals surface area (Å²) in [4.78, 5) is 2.05. The Bertz CT molecular complexity index is 1350. The molecular formula is C22H27F3N6O2S2. The maximum Gasteiger partial charge on any atom is 0.291 e. The van der Waals surface area contributed by atoms with Gasteiger partial charge >= 0.3 is 0 Å². The maximum atomic E-state index is 13.8. The van der Waals surface area contributed by atoms with Crippen molar-refractivity contribution in [3.63, 3.8) is 0 Å². The van der Waals surface area contributed by atoms with Gasteiger partial charge in [0.15, 0.2) is 10.0 Å². The highest BCUT2D eigenvalue weighted by molar-refractivity contribution is 7.89. The molecule has 2 N–H and O–H groups in total. The molecule has 4 heterocycles. The quantitative estimate of drug-likeness (QED) is 0.486. The van der Waals surface area contributed by atoms with Crippen LogP contribution in [0, 0.1) is 0 Å². The zero-order chi connectivity index (χ0) is 25.1. The fraction of sp³-hybridized carbons (Fsp3) is 0.545. The van der Waals surface area contributed by atoms with E-state index in [1.807, 2.05) is 25.7 Å². The molecule has 1 saturated heterocycles. The Morgan fingerprint density at radius 2 is 2.03 bits per heavy atom. The van der Waals surface area contributed by atoms with Crippen LogP contribution < -0.4 is 14.9 Å². The molecule has 2 aliphatic rings. The number of sulfonamides is 1. The first-order chi connectivity index (χ1) is 16.5. The second-order valence-corrected chi connectivity index (χ2v) is 12.4. The second kappa shape index (κ2) is 8.71. The topological polar surface area (TPSA) is 91.6 Å². The average molecular weight is 529 g/mol. The van der Waals surface area contributed by atoms with Crippen molar-refractivity contribution >= 4 is 32.6 Å². The number of hydrogen-bond acceptors (Lipinski definition) is 7. The molecule has 0 spiro atoms. The van der Waals surface area contributed by atoms with Crippen molar-refractivity contribution in [2.75, 3.05) is 18.1 Å². The highest BCUT2D eigenvalue weighted by Gasteiger charge is 2.42. The first-order valence-electron chi connectivity index (χ1n) is 11.4. The summed E-state index contributed by atoms with van der Waals surface area (Å²) in [5, 5.41) is 10.6. The number of nitrogens with zero attached hydrogens (tertiary/aromatic N) is 4. The largest absolute Gasteiger partial charge is 0.364 e. The Labute approximate surface area is 205 Å². The van der Waals surface area contributed by atoms with E-state index < -0.39 is 39.7 Å². The summed E-state index contributed by atoms with van der Waals surface area (Å²) in [7, 11) is -3.88. The van der Waals surface area contributed by atoms with Gasteiger partial charge in [-0.3, -0.25) is 0 Å². The third-order valence-corrected chi connectivity index (χ3v) is 9.33. The number of rotatable bonds is 7. The second-order valence-electron chi connectivity index (χ2n) is 9.67. The Balaban J connectivity index is 1.68. The summed E-state index contributed by atoms with van der Waals surface area (Å²) >= 11 is 0.762. The SMILES string of the molecule is C[C@@H]1[C@H](CF)N[C@@H](C)CN1c1cc(S(=O)(=O)NC2(C)CC2)cn2c(-c3nnc(C(F)F)s3)ccc12. The van der Waals surface area contributed by atoms with Crippen molar-refractivity contribution in [3.8, 4) is 10.7 Å². The summed E-state index contributed by atoms with van der Waals surface area (Å²) in [5.74, 6) is 0. The van der Waals surface area contributed by atoms with Gasteiger partial charge in [-0.05, 0) is 51.8 Å². The van der Waals surface area contributed by atoms with E-state index in [2.05, 4.69) is 20.2 Å². The third kappa shape index (κ3) is 4.54. The highest BCUT2D eigenvalue weighted by atomic mass is 32.2. The lowest BCUT2D eigenvalue weighted by Crippen LogP contribution is -2.61. The number of halogens is 3. The van der Waals surface area contributed by atoms with Gasteiger partial charge in [0, 0.05) is 30.4 Å². The molecule has 1 aliphatic carbocycles. The summed E-state index contributed by atoms with van der Waals surface area (Å²) in [6.07, 6.45) is 0.237. The van der Waals surface area contributed by atoms with Crippen molar-refractivity contribution in [1.29, 1.82) is 0 Å². The molecule has 3 atom stereocenters.